The number of likely N-dealkylation sites (tertiary alicyclic amines) is 1. The molecule has 1 fully saturated rings. The lowest BCUT2D eigenvalue weighted by Gasteiger charge is -2.21. The fourth-order valence-electron chi connectivity index (χ4n) is 3.46. The van der Waals surface area contributed by atoms with E-state index in [0.717, 1.165) is 29.5 Å². The molecule has 1 amide bonds. The molecule has 1 aliphatic rings. The number of rotatable bonds is 5. The SMILES string of the molecule is Cc1ccc(OCC(=O)N2CCC[C@H]2c2nc(-c3cccc(C)c3)no2)cc1. The Labute approximate surface area is 164 Å². The molecule has 3 aromatic rings. The summed E-state index contributed by atoms with van der Waals surface area (Å²) in [5.41, 5.74) is 3.20. The molecule has 0 N–H and O–H groups in total. The van der Waals surface area contributed by atoms with E-state index in [0.29, 0.717) is 24.0 Å². The standard InChI is InChI=1S/C22H23N3O3/c1-15-8-10-18(11-9-15)27-14-20(26)25-12-4-7-19(25)22-23-21(24-28-22)17-6-3-5-16(2)13-17/h3,5-6,8-11,13,19H,4,7,12,14H2,1-2H3/t19-/m0/s1. The van der Waals surface area contributed by atoms with Crippen LogP contribution in [0.5, 0.6) is 5.75 Å². The molecule has 0 aliphatic carbocycles. The van der Waals surface area contributed by atoms with Gasteiger partial charge in [0.2, 0.25) is 11.7 Å². The van der Waals surface area contributed by atoms with Crippen LogP contribution in [-0.4, -0.2) is 34.1 Å². The predicted molar refractivity (Wildman–Crippen MR) is 105 cm³/mol. The van der Waals surface area contributed by atoms with E-state index >= 15 is 0 Å². The van der Waals surface area contributed by atoms with Crippen molar-refractivity contribution in [1.29, 1.82) is 0 Å². The van der Waals surface area contributed by atoms with Crippen LogP contribution in [0, 0.1) is 13.8 Å². The second-order valence-electron chi connectivity index (χ2n) is 7.17. The first kappa shape index (κ1) is 18.2. The van der Waals surface area contributed by atoms with Gasteiger partial charge < -0.3 is 14.2 Å². The summed E-state index contributed by atoms with van der Waals surface area (Å²) in [6.07, 6.45) is 1.72. The minimum Gasteiger partial charge on any atom is -0.484 e. The first-order valence-corrected chi connectivity index (χ1v) is 9.50. The minimum absolute atomic E-state index is 0.00155. The topological polar surface area (TPSA) is 68.5 Å². The number of carbonyl (C=O) groups is 1. The molecule has 6 heteroatoms. The maximum atomic E-state index is 12.7. The Kier molecular flexibility index (Phi) is 5.10. The Hall–Kier alpha value is -3.15. The molecule has 1 saturated heterocycles. The van der Waals surface area contributed by atoms with Gasteiger partial charge in [0.15, 0.2) is 6.61 Å². The second-order valence-corrected chi connectivity index (χ2v) is 7.17. The van der Waals surface area contributed by atoms with Gasteiger partial charge in [0, 0.05) is 12.1 Å². The van der Waals surface area contributed by atoms with E-state index in [4.69, 9.17) is 9.26 Å². The molecule has 6 nitrogen and oxygen atoms in total. The van der Waals surface area contributed by atoms with Crippen LogP contribution in [0.15, 0.2) is 53.1 Å². The second kappa shape index (κ2) is 7.84. The van der Waals surface area contributed by atoms with Crippen LogP contribution in [0.1, 0.15) is 35.9 Å². The molecule has 2 aromatic carbocycles. The van der Waals surface area contributed by atoms with Crippen LogP contribution >= 0.6 is 0 Å². The largest absolute Gasteiger partial charge is 0.484 e. The van der Waals surface area contributed by atoms with Gasteiger partial charge in [-0.25, -0.2) is 0 Å². The number of benzene rings is 2. The van der Waals surface area contributed by atoms with Crippen LogP contribution in [0.2, 0.25) is 0 Å². The van der Waals surface area contributed by atoms with Gasteiger partial charge in [0.05, 0.1) is 0 Å². The molecule has 144 valence electrons. The van der Waals surface area contributed by atoms with Crippen molar-refractivity contribution < 1.29 is 14.1 Å². The highest BCUT2D eigenvalue weighted by Crippen LogP contribution is 2.32. The number of aromatic nitrogens is 2. The number of hydrogen-bond acceptors (Lipinski definition) is 5. The summed E-state index contributed by atoms with van der Waals surface area (Å²) >= 11 is 0. The summed E-state index contributed by atoms with van der Waals surface area (Å²) in [6.45, 7) is 4.70. The number of amides is 1. The molecule has 0 spiro atoms. The third-order valence-corrected chi connectivity index (χ3v) is 4.96. The molecule has 28 heavy (non-hydrogen) atoms. The molecule has 2 heterocycles. The van der Waals surface area contributed by atoms with Crippen molar-refractivity contribution in [2.45, 2.75) is 32.7 Å². The lowest BCUT2D eigenvalue weighted by atomic mass is 10.1. The lowest BCUT2D eigenvalue weighted by molar-refractivity contribution is -0.134. The predicted octanol–water partition coefficient (Wildman–Crippen LogP) is 4.10. The van der Waals surface area contributed by atoms with E-state index in [9.17, 15) is 4.79 Å². The molecule has 0 radical (unpaired) electrons. The van der Waals surface area contributed by atoms with Crippen LogP contribution < -0.4 is 4.74 Å². The molecule has 0 bridgehead atoms. The fraction of sp³-hybridized carbons (Fsp3) is 0.318. The van der Waals surface area contributed by atoms with Gasteiger partial charge in [0.25, 0.3) is 5.91 Å². The van der Waals surface area contributed by atoms with Crippen molar-refractivity contribution in [3.05, 3.63) is 65.5 Å². The average molecular weight is 377 g/mol. The Morgan fingerprint density at radius 3 is 2.79 bits per heavy atom. The number of nitrogens with zero attached hydrogens (tertiary/aromatic N) is 3. The fourth-order valence-corrected chi connectivity index (χ4v) is 3.46. The van der Waals surface area contributed by atoms with Crippen LogP contribution in [-0.2, 0) is 4.79 Å². The molecule has 1 atom stereocenters. The van der Waals surface area contributed by atoms with Gasteiger partial charge >= 0.3 is 0 Å². The Bertz CT molecular complexity index is 965. The van der Waals surface area contributed by atoms with E-state index in [1.807, 2.05) is 62.4 Å². The summed E-state index contributed by atoms with van der Waals surface area (Å²) in [5, 5.41) is 4.11. The number of aryl methyl sites for hydroxylation is 2. The molecule has 4 rings (SSSR count). The van der Waals surface area contributed by atoms with Gasteiger partial charge in [-0.1, -0.05) is 46.6 Å². The summed E-state index contributed by atoms with van der Waals surface area (Å²) < 4.78 is 11.2. The van der Waals surface area contributed by atoms with Crippen molar-refractivity contribution in [3.8, 4) is 17.1 Å². The zero-order valence-corrected chi connectivity index (χ0v) is 16.1. The van der Waals surface area contributed by atoms with Gasteiger partial charge in [-0.05, 0) is 44.9 Å². The zero-order valence-electron chi connectivity index (χ0n) is 16.1. The highest BCUT2D eigenvalue weighted by Gasteiger charge is 2.34. The Morgan fingerprint density at radius 1 is 1.18 bits per heavy atom. The van der Waals surface area contributed by atoms with Crippen molar-refractivity contribution >= 4 is 5.91 Å². The van der Waals surface area contributed by atoms with Crippen LogP contribution in [0.25, 0.3) is 11.4 Å². The van der Waals surface area contributed by atoms with Crippen LogP contribution in [0.3, 0.4) is 0 Å². The third kappa shape index (κ3) is 3.91. The Balaban J connectivity index is 1.44. The van der Waals surface area contributed by atoms with Crippen molar-refractivity contribution in [2.24, 2.45) is 0 Å². The maximum Gasteiger partial charge on any atom is 0.261 e. The quantitative estimate of drug-likeness (QED) is 0.670. The molecule has 1 aromatic heterocycles. The van der Waals surface area contributed by atoms with Crippen molar-refractivity contribution in [1.82, 2.24) is 15.0 Å². The average Bonchev–Trinajstić information content (AvgIpc) is 3.36. The van der Waals surface area contributed by atoms with Gasteiger partial charge in [0.1, 0.15) is 11.8 Å². The highest BCUT2D eigenvalue weighted by atomic mass is 16.5. The van der Waals surface area contributed by atoms with E-state index < -0.39 is 0 Å². The summed E-state index contributed by atoms with van der Waals surface area (Å²) in [7, 11) is 0. The van der Waals surface area contributed by atoms with Crippen LogP contribution in [0.4, 0.5) is 0 Å². The zero-order chi connectivity index (χ0) is 19.5. The first-order valence-electron chi connectivity index (χ1n) is 9.50. The lowest BCUT2D eigenvalue weighted by Crippen LogP contribution is -2.34. The molecule has 1 aliphatic heterocycles. The number of carbonyl (C=O) groups excluding carboxylic acids is 1. The van der Waals surface area contributed by atoms with E-state index in [1.54, 1.807) is 4.90 Å². The van der Waals surface area contributed by atoms with E-state index in [2.05, 4.69) is 10.1 Å². The van der Waals surface area contributed by atoms with Crippen molar-refractivity contribution in [2.75, 3.05) is 13.2 Å². The smallest absolute Gasteiger partial charge is 0.261 e. The number of ether oxygens (including phenoxy) is 1. The molecule has 0 unspecified atom stereocenters. The van der Waals surface area contributed by atoms with Gasteiger partial charge in [-0.15, -0.1) is 0 Å². The normalized spacial score (nSPS) is 16.4. The Morgan fingerprint density at radius 2 is 2.00 bits per heavy atom. The minimum atomic E-state index is -0.194. The summed E-state index contributed by atoms with van der Waals surface area (Å²) in [5.74, 6) is 1.65. The van der Waals surface area contributed by atoms with E-state index in [1.165, 1.54) is 0 Å². The summed E-state index contributed by atoms with van der Waals surface area (Å²) in [4.78, 5) is 19.0. The first-order chi connectivity index (χ1) is 13.6. The van der Waals surface area contributed by atoms with Gasteiger partial charge in [-0.3, -0.25) is 4.79 Å². The van der Waals surface area contributed by atoms with Gasteiger partial charge in [-0.2, -0.15) is 4.98 Å². The molecular formula is C22H23N3O3. The van der Waals surface area contributed by atoms with E-state index in [-0.39, 0.29) is 18.6 Å². The van der Waals surface area contributed by atoms with Crippen molar-refractivity contribution in [3.63, 3.8) is 0 Å². The monoisotopic (exact) mass is 377 g/mol. The third-order valence-electron chi connectivity index (χ3n) is 4.96. The maximum absolute atomic E-state index is 12.7. The molecular weight excluding hydrogens is 354 g/mol. The number of hydrogen-bond donors (Lipinski definition) is 0. The molecule has 0 saturated carbocycles. The highest BCUT2D eigenvalue weighted by molar-refractivity contribution is 5.78. The summed E-state index contributed by atoms with van der Waals surface area (Å²) in [6, 6.07) is 15.4.